The van der Waals surface area contributed by atoms with Gasteiger partial charge in [0.1, 0.15) is 11.9 Å². The molecule has 1 saturated heterocycles. The molecule has 2 atom stereocenters. The molecular formula is C22H21BrO2. The first-order chi connectivity index (χ1) is 12.1. The molecule has 2 aromatic carbocycles. The van der Waals surface area contributed by atoms with Gasteiger partial charge < -0.3 is 9.47 Å². The van der Waals surface area contributed by atoms with Crippen molar-refractivity contribution in [1.29, 1.82) is 0 Å². The molecule has 3 heteroatoms. The minimum Gasteiger partial charge on any atom is -0.484 e. The fourth-order valence-electron chi connectivity index (χ4n) is 3.67. The number of benzene rings is 2. The third-order valence-corrected chi connectivity index (χ3v) is 5.71. The smallest absolute Gasteiger partial charge is 0.133 e. The van der Waals surface area contributed by atoms with E-state index in [1.165, 1.54) is 11.1 Å². The molecule has 0 N–H and O–H groups in total. The van der Waals surface area contributed by atoms with Gasteiger partial charge in [0.25, 0.3) is 0 Å². The first-order valence-electron chi connectivity index (χ1n) is 8.59. The molecule has 4 rings (SSSR count). The van der Waals surface area contributed by atoms with Gasteiger partial charge in [-0.1, -0.05) is 70.5 Å². The van der Waals surface area contributed by atoms with Gasteiger partial charge in [0.05, 0.1) is 12.2 Å². The summed E-state index contributed by atoms with van der Waals surface area (Å²) >= 11 is 3.65. The van der Waals surface area contributed by atoms with Crippen LogP contribution in [0.5, 0.6) is 0 Å². The van der Waals surface area contributed by atoms with Crippen LogP contribution < -0.4 is 0 Å². The van der Waals surface area contributed by atoms with Crippen molar-refractivity contribution in [2.24, 2.45) is 5.92 Å². The van der Waals surface area contributed by atoms with Crippen molar-refractivity contribution in [1.82, 2.24) is 0 Å². The van der Waals surface area contributed by atoms with Gasteiger partial charge >= 0.3 is 0 Å². The van der Waals surface area contributed by atoms with Crippen molar-refractivity contribution in [2.75, 3.05) is 6.61 Å². The van der Waals surface area contributed by atoms with Gasteiger partial charge in [-0.15, -0.1) is 0 Å². The zero-order valence-corrected chi connectivity index (χ0v) is 16.0. The fourth-order valence-corrected chi connectivity index (χ4v) is 4.15. The Labute approximate surface area is 157 Å². The van der Waals surface area contributed by atoms with E-state index in [1.54, 1.807) is 0 Å². The van der Waals surface area contributed by atoms with Crippen molar-refractivity contribution in [2.45, 2.75) is 25.6 Å². The van der Waals surface area contributed by atoms with Crippen LogP contribution in [0.4, 0.5) is 0 Å². The van der Waals surface area contributed by atoms with Crippen LogP contribution in [-0.2, 0) is 9.47 Å². The Morgan fingerprint density at radius 1 is 0.960 bits per heavy atom. The highest BCUT2D eigenvalue weighted by Gasteiger charge is 2.44. The van der Waals surface area contributed by atoms with Crippen molar-refractivity contribution in [3.63, 3.8) is 0 Å². The average Bonchev–Trinajstić information content (AvgIpc) is 2.80. The lowest BCUT2D eigenvalue weighted by Gasteiger charge is -2.27. The van der Waals surface area contributed by atoms with Crippen LogP contribution in [0.15, 0.2) is 76.8 Å². The molecule has 0 saturated carbocycles. The fraction of sp³-hybridized carbons (Fsp3) is 0.273. The largest absolute Gasteiger partial charge is 0.484 e. The van der Waals surface area contributed by atoms with E-state index >= 15 is 0 Å². The molecule has 0 aliphatic carbocycles. The zero-order valence-electron chi connectivity index (χ0n) is 14.4. The lowest BCUT2D eigenvalue weighted by Crippen LogP contribution is -2.22. The van der Waals surface area contributed by atoms with Crippen LogP contribution in [0.2, 0.25) is 0 Å². The predicted octanol–water partition coefficient (Wildman–Crippen LogP) is 5.91. The Bertz CT molecular complexity index is 836. The first kappa shape index (κ1) is 16.6. The van der Waals surface area contributed by atoms with Crippen molar-refractivity contribution in [3.05, 3.63) is 87.9 Å². The quantitative estimate of drug-likeness (QED) is 0.627. The maximum Gasteiger partial charge on any atom is 0.133 e. The summed E-state index contributed by atoms with van der Waals surface area (Å²) in [5.41, 5.74) is 3.28. The maximum atomic E-state index is 6.57. The van der Waals surface area contributed by atoms with Crippen LogP contribution in [0, 0.1) is 5.92 Å². The summed E-state index contributed by atoms with van der Waals surface area (Å²) in [7, 11) is 0. The van der Waals surface area contributed by atoms with Gasteiger partial charge in [0.2, 0.25) is 0 Å². The number of fused-ring (bicyclic) bond motifs is 1. The van der Waals surface area contributed by atoms with Crippen molar-refractivity contribution < 1.29 is 9.47 Å². The third kappa shape index (κ3) is 3.07. The molecule has 0 aromatic heterocycles. The second kappa shape index (κ2) is 6.47. The Balaban J connectivity index is 1.82. The molecular weight excluding hydrogens is 376 g/mol. The number of hydrogen-bond donors (Lipinski definition) is 0. The maximum absolute atomic E-state index is 6.57. The standard InChI is InChI=1S/C22H21BrO2/c1-22(2)18-12-13-20(16-10-6-7-11-19(16)23)25-21(17(18)14-24-22)15-8-4-3-5-9-15/h3-13,17,21H,14H2,1-2H3/t17-,21+/m0/s1. The molecule has 25 heavy (non-hydrogen) atoms. The van der Waals surface area contributed by atoms with E-state index in [9.17, 15) is 0 Å². The van der Waals surface area contributed by atoms with Gasteiger partial charge in [0.15, 0.2) is 0 Å². The SMILES string of the molecule is CC1(C)OC[C@H]2C1=CC=C(c1ccccc1Br)O[C@@H]2c1ccccc1. The van der Waals surface area contributed by atoms with Crippen molar-refractivity contribution in [3.8, 4) is 0 Å². The Hall–Kier alpha value is -1.84. The van der Waals surface area contributed by atoms with Crippen LogP contribution in [0.25, 0.3) is 5.76 Å². The van der Waals surface area contributed by atoms with Crippen molar-refractivity contribution >= 4 is 21.7 Å². The molecule has 0 radical (unpaired) electrons. The second-order valence-electron chi connectivity index (χ2n) is 7.01. The summed E-state index contributed by atoms with van der Waals surface area (Å²) < 4.78 is 13.7. The van der Waals surface area contributed by atoms with Gasteiger partial charge in [-0.2, -0.15) is 0 Å². The van der Waals surface area contributed by atoms with Gasteiger partial charge in [-0.25, -0.2) is 0 Å². The van der Waals surface area contributed by atoms with Crippen LogP contribution >= 0.6 is 15.9 Å². The molecule has 0 amide bonds. The molecule has 2 heterocycles. The van der Waals surface area contributed by atoms with Crippen LogP contribution in [-0.4, -0.2) is 12.2 Å². The van der Waals surface area contributed by atoms with E-state index in [2.05, 4.69) is 72.3 Å². The van der Waals surface area contributed by atoms with E-state index in [0.29, 0.717) is 6.61 Å². The average molecular weight is 397 g/mol. The molecule has 0 spiro atoms. The van der Waals surface area contributed by atoms with E-state index < -0.39 is 0 Å². The zero-order chi connectivity index (χ0) is 17.4. The molecule has 2 aromatic rings. The number of hydrogen-bond acceptors (Lipinski definition) is 2. The van der Waals surface area contributed by atoms with Gasteiger partial charge in [-0.3, -0.25) is 0 Å². The molecule has 2 nitrogen and oxygen atoms in total. The lowest BCUT2D eigenvalue weighted by molar-refractivity contribution is 0.0354. The minimum atomic E-state index is -0.263. The number of halogens is 1. The normalized spacial score (nSPS) is 24.6. The topological polar surface area (TPSA) is 18.5 Å². The minimum absolute atomic E-state index is 0.0601. The van der Waals surface area contributed by atoms with Gasteiger partial charge in [-0.05, 0) is 37.1 Å². The molecule has 0 unspecified atom stereocenters. The molecule has 1 fully saturated rings. The third-order valence-electron chi connectivity index (χ3n) is 5.02. The van der Waals surface area contributed by atoms with E-state index in [4.69, 9.17) is 9.47 Å². The Morgan fingerprint density at radius 3 is 2.44 bits per heavy atom. The predicted molar refractivity (Wildman–Crippen MR) is 104 cm³/mol. The number of rotatable bonds is 2. The summed E-state index contributed by atoms with van der Waals surface area (Å²) in [4.78, 5) is 0. The Kier molecular flexibility index (Phi) is 4.30. The molecule has 0 bridgehead atoms. The number of ether oxygens (including phenoxy) is 2. The Morgan fingerprint density at radius 2 is 1.68 bits per heavy atom. The number of allylic oxidation sites excluding steroid dienone is 2. The summed E-state index contributed by atoms with van der Waals surface area (Å²) in [5, 5.41) is 0. The van der Waals surface area contributed by atoms with E-state index in [1.807, 2.05) is 24.3 Å². The highest BCUT2D eigenvalue weighted by Crippen LogP contribution is 2.47. The monoisotopic (exact) mass is 396 g/mol. The van der Waals surface area contributed by atoms with E-state index in [-0.39, 0.29) is 17.6 Å². The lowest BCUT2D eigenvalue weighted by atomic mass is 9.84. The summed E-state index contributed by atoms with van der Waals surface area (Å²) in [6.45, 7) is 4.95. The van der Waals surface area contributed by atoms with Crippen LogP contribution in [0.3, 0.4) is 0 Å². The summed E-state index contributed by atoms with van der Waals surface area (Å²) in [5.74, 6) is 1.10. The molecule has 2 aliphatic heterocycles. The molecule has 128 valence electrons. The molecule has 2 aliphatic rings. The highest BCUT2D eigenvalue weighted by molar-refractivity contribution is 9.10. The summed E-state index contributed by atoms with van der Waals surface area (Å²) in [6.07, 6.45) is 4.21. The van der Waals surface area contributed by atoms with E-state index in [0.717, 1.165) is 15.8 Å². The highest BCUT2D eigenvalue weighted by atomic mass is 79.9. The first-order valence-corrected chi connectivity index (χ1v) is 9.38. The van der Waals surface area contributed by atoms with Crippen LogP contribution in [0.1, 0.15) is 31.1 Å². The summed E-state index contributed by atoms with van der Waals surface area (Å²) in [6, 6.07) is 18.6. The second-order valence-corrected chi connectivity index (χ2v) is 7.86. The van der Waals surface area contributed by atoms with Gasteiger partial charge in [0, 0.05) is 16.0 Å².